The van der Waals surface area contributed by atoms with E-state index in [4.69, 9.17) is 13.9 Å². The highest BCUT2D eigenvalue weighted by molar-refractivity contribution is 6.02. The molecule has 1 aliphatic rings. The Labute approximate surface area is 180 Å². The average Bonchev–Trinajstić information content (AvgIpc) is 3.33. The van der Waals surface area contributed by atoms with Crippen molar-refractivity contribution in [3.8, 4) is 11.5 Å². The molecule has 0 bridgehead atoms. The number of hydrogen-bond donors (Lipinski definition) is 1. The highest BCUT2D eigenvalue weighted by Crippen LogP contribution is 2.24. The van der Waals surface area contributed by atoms with E-state index in [1.54, 1.807) is 41.3 Å². The molecule has 4 rings (SSSR count). The molecular formula is C24H24N2O5. The molecule has 160 valence electrons. The summed E-state index contributed by atoms with van der Waals surface area (Å²) in [4.78, 5) is 26.6. The standard InChI is InChI=1S/C24H24N2O5/c1-2-29-21-9-8-17-10-11-26(15-18(17)13-21)23(27)16-31-20-6-3-5-19(14-20)25-24(28)22-7-4-12-30-22/h3-9,12-14H,2,10-11,15-16H2,1H3,(H,25,28). The monoisotopic (exact) mass is 420 g/mol. The normalized spacial score (nSPS) is 12.7. The van der Waals surface area contributed by atoms with Crippen molar-refractivity contribution in [1.82, 2.24) is 4.90 Å². The molecule has 1 aromatic heterocycles. The third kappa shape index (κ3) is 5.06. The Kier molecular flexibility index (Phi) is 6.21. The fourth-order valence-electron chi connectivity index (χ4n) is 3.50. The maximum atomic E-state index is 12.7. The van der Waals surface area contributed by atoms with Gasteiger partial charge < -0.3 is 24.1 Å². The molecule has 2 heterocycles. The van der Waals surface area contributed by atoms with Crippen molar-refractivity contribution in [3.63, 3.8) is 0 Å². The van der Waals surface area contributed by atoms with E-state index in [2.05, 4.69) is 11.4 Å². The first-order valence-corrected chi connectivity index (χ1v) is 10.2. The molecule has 0 saturated heterocycles. The van der Waals surface area contributed by atoms with Crippen molar-refractivity contribution in [2.45, 2.75) is 19.9 Å². The quantitative estimate of drug-likeness (QED) is 0.627. The summed E-state index contributed by atoms with van der Waals surface area (Å²) in [5.74, 6) is 1.11. The van der Waals surface area contributed by atoms with Gasteiger partial charge in [0.1, 0.15) is 11.5 Å². The van der Waals surface area contributed by atoms with Gasteiger partial charge in [0.25, 0.3) is 11.8 Å². The molecule has 0 fully saturated rings. The second kappa shape index (κ2) is 9.38. The lowest BCUT2D eigenvalue weighted by molar-refractivity contribution is -0.134. The van der Waals surface area contributed by atoms with Gasteiger partial charge in [-0.05, 0) is 60.9 Å². The number of amides is 2. The number of furan rings is 1. The third-order valence-corrected chi connectivity index (χ3v) is 5.05. The van der Waals surface area contributed by atoms with Crippen LogP contribution in [0, 0.1) is 0 Å². The van der Waals surface area contributed by atoms with Gasteiger partial charge in [-0.25, -0.2) is 0 Å². The lowest BCUT2D eigenvalue weighted by atomic mass is 9.99. The molecular weight excluding hydrogens is 396 g/mol. The van der Waals surface area contributed by atoms with E-state index in [-0.39, 0.29) is 24.2 Å². The maximum absolute atomic E-state index is 12.7. The Balaban J connectivity index is 1.34. The molecule has 3 aromatic rings. The van der Waals surface area contributed by atoms with E-state index in [0.717, 1.165) is 17.7 Å². The molecule has 0 saturated carbocycles. The fraction of sp³-hybridized carbons (Fsp3) is 0.250. The molecule has 7 heteroatoms. The van der Waals surface area contributed by atoms with Crippen LogP contribution in [-0.2, 0) is 17.8 Å². The molecule has 0 spiro atoms. The van der Waals surface area contributed by atoms with Crippen molar-refractivity contribution >= 4 is 17.5 Å². The number of carbonyl (C=O) groups excluding carboxylic acids is 2. The minimum Gasteiger partial charge on any atom is -0.494 e. The molecule has 0 unspecified atom stereocenters. The summed E-state index contributed by atoms with van der Waals surface area (Å²) in [6, 6.07) is 16.2. The van der Waals surface area contributed by atoms with E-state index in [9.17, 15) is 9.59 Å². The molecule has 2 aromatic carbocycles. The van der Waals surface area contributed by atoms with Crippen LogP contribution >= 0.6 is 0 Å². The number of nitrogens with one attached hydrogen (secondary N) is 1. The van der Waals surface area contributed by atoms with E-state index in [1.165, 1.54) is 11.8 Å². The van der Waals surface area contributed by atoms with Crippen LogP contribution in [0.2, 0.25) is 0 Å². The Hall–Kier alpha value is -3.74. The van der Waals surface area contributed by atoms with Crippen molar-refractivity contribution in [2.24, 2.45) is 0 Å². The molecule has 0 atom stereocenters. The van der Waals surface area contributed by atoms with E-state index >= 15 is 0 Å². The summed E-state index contributed by atoms with van der Waals surface area (Å²) >= 11 is 0. The molecule has 1 aliphatic heterocycles. The van der Waals surface area contributed by atoms with Crippen LogP contribution in [0.1, 0.15) is 28.6 Å². The van der Waals surface area contributed by atoms with Gasteiger partial charge in [0.15, 0.2) is 12.4 Å². The molecule has 1 N–H and O–H groups in total. The Bertz CT molecular complexity index is 1060. The van der Waals surface area contributed by atoms with Crippen LogP contribution in [-0.4, -0.2) is 36.5 Å². The number of benzene rings is 2. The van der Waals surface area contributed by atoms with Crippen LogP contribution in [0.15, 0.2) is 65.3 Å². The second-order valence-corrected chi connectivity index (χ2v) is 7.18. The summed E-state index contributed by atoms with van der Waals surface area (Å²) in [6.45, 7) is 3.68. The van der Waals surface area contributed by atoms with Crippen molar-refractivity contribution < 1.29 is 23.5 Å². The lowest BCUT2D eigenvalue weighted by Gasteiger charge is -2.29. The van der Waals surface area contributed by atoms with Crippen LogP contribution in [0.4, 0.5) is 5.69 Å². The zero-order valence-electron chi connectivity index (χ0n) is 17.3. The Morgan fingerprint density at radius 2 is 1.90 bits per heavy atom. The summed E-state index contributed by atoms with van der Waals surface area (Å²) < 4.78 is 16.4. The van der Waals surface area contributed by atoms with E-state index < -0.39 is 0 Å². The Morgan fingerprint density at radius 3 is 2.71 bits per heavy atom. The zero-order chi connectivity index (χ0) is 21.6. The fourth-order valence-corrected chi connectivity index (χ4v) is 3.50. The smallest absolute Gasteiger partial charge is 0.291 e. The molecule has 0 aliphatic carbocycles. The minimum absolute atomic E-state index is 0.0733. The van der Waals surface area contributed by atoms with Gasteiger partial charge in [-0.15, -0.1) is 0 Å². The molecule has 0 radical (unpaired) electrons. The largest absolute Gasteiger partial charge is 0.494 e. The average molecular weight is 420 g/mol. The number of rotatable bonds is 7. The third-order valence-electron chi connectivity index (χ3n) is 5.05. The number of fused-ring (bicyclic) bond motifs is 1. The highest BCUT2D eigenvalue weighted by atomic mass is 16.5. The lowest BCUT2D eigenvalue weighted by Crippen LogP contribution is -2.38. The topological polar surface area (TPSA) is 81.0 Å². The first-order valence-electron chi connectivity index (χ1n) is 10.2. The number of ether oxygens (including phenoxy) is 2. The number of anilines is 1. The Morgan fingerprint density at radius 1 is 1.03 bits per heavy atom. The SMILES string of the molecule is CCOc1ccc2c(c1)CN(C(=O)COc1cccc(NC(=O)c3ccco3)c1)CC2. The summed E-state index contributed by atoms with van der Waals surface area (Å²) in [5, 5.41) is 2.74. The van der Waals surface area contributed by atoms with Gasteiger partial charge in [-0.3, -0.25) is 9.59 Å². The van der Waals surface area contributed by atoms with Crippen molar-refractivity contribution in [2.75, 3.05) is 25.1 Å². The number of hydrogen-bond acceptors (Lipinski definition) is 5. The van der Waals surface area contributed by atoms with Crippen molar-refractivity contribution in [3.05, 3.63) is 77.7 Å². The van der Waals surface area contributed by atoms with Gasteiger partial charge in [0.05, 0.1) is 12.9 Å². The van der Waals surface area contributed by atoms with E-state index in [0.29, 0.717) is 31.1 Å². The van der Waals surface area contributed by atoms with Crippen LogP contribution in [0.25, 0.3) is 0 Å². The minimum atomic E-state index is -0.350. The van der Waals surface area contributed by atoms with Crippen LogP contribution in [0.3, 0.4) is 0 Å². The highest BCUT2D eigenvalue weighted by Gasteiger charge is 2.21. The summed E-state index contributed by atoms with van der Waals surface area (Å²) in [5.41, 5.74) is 2.91. The predicted octanol–water partition coefficient (Wildman–Crippen LogP) is 3.89. The molecule has 7 nitrogen and oxygen atoms in total. The van der Waals surface area contributed by atoms with Crippen molar-refractivity contribution in [1.29, 1.82) is 0 Å². The number of nitrogens with zero attached hydrogens (tertiary/aromatic N) is 1. The van der Waals surface area contributed by atoms with Gasteiger partial charge in [0, 0.05) is 24.8 Å². The van der Waals surface area contributed by atoms with Gasteiger partial charge in [-0.1, -0.05) is 12.1 Å². The molecule has 2 amide bonds. The summed E-state index contributed by atoms with van der Waals surface area (Å²) in [7, 11) is 0. The zero-order valence-corrected chi connectivity index (χ0v) is 17.3. The van der Waals surface area contributed by atoms with Gasteiger partial charge >= 0.3 is 0 Å². The number of carbonyl (C=O) groups is 2. The molecule has 31 heavy (non-hydrogen) atoms. The maximum Gasteiger partial charge on any atom is 0.291 e. The van der Waals surface area contributed by atoms with Crippen LogP contribution in [0.5, 0.6) is 11.5 Å². The van der Waals surface area contributed by atoms with E-state index in [1.807, 2.05) is 19.1 Å². The van der Waals surface area contributed by atoms with Gasteiger partial charge in [-0.2, -0.15) is 0 Å². The predicted molar refractivity (Wildman–Crippen MR) is 115 cm³/mol. The summed E-state index contributed by atoms with van der Waals surface area (Å²) in [6.07, 6.45) is 2.25. The van der Waals surface area contributed by atoms with Crippen LogP contribution < -0.4 is 14.8 Å². The van der Waals surface area contributed by atoms with Gasteiger partial charge in [0.2, 0.25) is 0 Å². The first kappa shape index (κ1) is 20.5. The second-order valence-electron chi connectivity index (χ2n) is 7.18. The first-order chi connectivity index (χ1) is 15.1.